The van der Waals surface area contributed by atoms with Gasteiger partial charge in [-0.15, -0.1) is 0 Å². The van der Waals surface area contributed by atoms with Crippen molar-refractivity contribution in [3.8, 4) is 0 Å². The molecule has 1 rings (SSSR count). The predicted molar refractivity (Wildman–Crippen MR) is 58.2 cm³/mol. The van der Waals surface area contributed by atoms with Gasteiger partial charge >= 0.3 is 0 Å². The zero-order valence-corrected chi connectivity index (χ0v) is 8.69. The highest BCUT2D eigenvalue weighted by Gasteiger charge is 2.02. The predicted octanol–water partition coefficient (Wildman–Crippen LogP) is 3.99. The minimum absolute atomic E-state index is 0.471. The van der Waals surface area contributed by atoms with Crippen molar-refractivity contribution < 1.29 is 0 Å². The number of nitrogens with zero attached hydrogens (tertiary/aromatic N) is 1. The average Bonchev–Trinajstić information content (AvgIpc) is 2.04. The molecule has 0 amide bonds. The lowest BCUT2D eigenvalue weighted by molar-refractivity contribution is 1.50. The summed E-state index contributed by atoms with van der Waals surface area (Å²) < 4.78 is 0.951. The van der Waals surface area contributed by atoms with E-state index in [1.165, 1.54) is 0 Å². The molecular formula is C9H7BrClN. The van der Waals surface area contributed by atoms with E-state index in [-0.39, 0.29) is 0 Å². The number of rotatable bonds is 2. The summed E-state index contributed by atoms with van der Waals surface area (Å²) in [5, 5.41) is 0.471. The standard InChI is InChI=1S/C9H7BrClN/c1-6(11)8-5-7(10)3-4-9(8)12-2/h3-5H,1-2H2. The molecule has 0 aromatic heterocycles. The molecule has 0 bridgehead atoms. The summed E-state index contributed by atoms with van der Waals surface area (Å²) in [6, 6.07) is 5.58. The van der Waals surface area contributed by atoms with Gasteiger partial charge in [-0.05, 0) is 24.9 Å². The Morgan fingerprint density at radius 2 is 2.17 bits per heavy atom. The van der Waals surface area contributed by atoms with E-state index < -0.39 is 0 Å². The number of halogens is 2. The van der Waals surface area contributed by atoms with Gasteiger partial charge in [-0.25, -0.2) is 0 Å². The summed E-state index contributed by atoms with van der Waals surface area (Å²) in [5.41, 5.74) is 1.55. The summed E-state index contributed by atoms with van der Waals surface area (Å²) in [6.07, 6.45) is 0. The van der Waals surface area contributed by atoms with E-state index in [0.29, 0.717) is 5.03 Å². The maximum absolute atomic E-state index is 5.76. The molecule has 12 heavy (non-hydrogen) atoms. The first-order valence-corrected chi connectivity index (χ1v) is 4.43. The van der Waals surface area contributed by atoms with Gasteiger partial charge in [0.15, 0.2) is 0 Å². The van der Waals surface area contributed by atoms with Gasteiger partial charge in [0.1, 0.15) is 0 Å². The molecule has 0 N–H and O–H groups in total. The number of aliphatic imine (C=N–C) groups is 1. The van der Waals surface area contributed by atoms with Crippen LogP contribution in [0.15, 0.2) is 34.2 Å². The van der Waals surface area contributed by atoms with Crippen molar-refractivity contribution in [2.75, 3.05) is 0 Å². The minimum atomic E-state index is 0.471. The SMILES string of the molecule is C=Nc1ccc(Br)cc1C(=C)Cl. The van der Waals surface area contributed by atoms with Gasteiger partial charge in [0.25, 0.3) is 0 Å². The number of benzene rings is 1. The monoisotopic (exact) mass is 243 g/mol. The van der Waals surface area contributed by atoms with Gasteiger partial charge in [-0.1, -0.05) is 34.1 Å². The molecule has 1 nitrogen and oxygen atoms in total. The van der Waals surface area contributed by atoms with Gasteiger partial charge in [0.2, 0.25) is 0 Å². The van der Waals surface area contributed by atoms with E-state index in [2.05, 4.69) is 34.2 Å². The molecule has 0 saturated carbocycles. The lowest BCUT2D eigenvalue weighted by Crippen LogP contribution is -1.77. The summed E-state index contributed by atoms with van der Waals surface area (Å²) in [6.45, 7) is 7.07. The molecule has 1 aromatic carbocycles. The Labute approximate surface area is 84.9 Å². The van der Waals surface area contributed by atoms with Crippen LogP contribution in [0.2, 0.25) is 0 Å². The van der Waals surface area contributed by atoms with Crippen LogP contribution in [0.25, 0.3) is 5.03 Å². The molecule has 1 aromatic rings. The molecule has 0 atom stereocenters. The first-order valence-electron chi connectivity index (χ1n) is 3.26. The molecule has 0 unspecified atom stereocenters. The quantitative estimate of drug-likeness (QED) is 0.698. The first kappa shape index (κ1) is 9.49. The molecule has 0 saturated heterocycles. The van der Waals surface area contributed by atoms with E-state index in [4.69, 9.17) is 11.6 Å². The molecule has 3 heteroatoms. The van der Waals surface area contributed by atoms with Crippen LogP contribution >= 0.6 is 27.5 Å². The molecule has 0 aliphatic carbocycles. The van der Waals surface area contributed by atoms with Gasteiger partial charge < -0.3 is 0 Å². The molecule has 62 valence electrons. The summed E-state index contributed by atoms with van der Waals surface area (Å²) in [4.78, 5) is 3.82. The van der Waals surface area contributed by atoms with Crippen molar-refractivity contribution in [3.63, 3.8) is 0 Å². The van der Waals surface area contributed by atoms with E-state index in [9.17, 15) is 0 Å². The highest BCUT2D eigenvalue weighted by molar-refractivity contribution is 9.10. The van der Waals surface area contributed by atoms with E-state index in [1.807, 2.05) is 18.2 Å². The molecule has 0 heterocycles. The van der Waals surface area contributed by atoms with Crippen LogP contribution in [0.5, 0.6) is 0 Å². The van der Waals surface area contributed by atoms with Crippen LogP contribution in [0.1, 0.15) is 5.56 Å². The van der Waals surface area contributed by atoms with Crippen molar-refractivity contribution in [1.29, 1.82) is 0 Å². The molecule has 0 fully saturated rings. The van der Waals surface area contributed by atoms with Gasteiger partial charge in [0.05, 0.1) is 5.69 Å². The summed E-state index contributed by atoms with van der Waals surface area (Å²) >= 11 is 9.09. The largest absolute Gasteiger partial charge is 0.264 e. The van der Waals surface area contributed by atoms with E-state index >= 15 is 0 Å². The van der Waals surface area contributed by atoms with E-state index in [0.717, 1.165) is 15.7 Å². The Balaban J connectivity index is 3.30. The Hall–Kier alpha value is -0.600. The van der Waals surface area contributed by atoms with Crippen LogP contribution in [-0.2, 0) is 0 Å². The fourth-order valence-corrected chi connectivity index (χ4v) is 1.38. The lowest BCUT2D eigenvalue weighted by Gasteiger charge is -2.02. The van der Waals surface area contributed by atoms with Gasteiger partial charge in [-0.2, -0.15) is 0 Å². The van der Waals surface area contributed by atoms with Crippen LogP contribution in [-0.4, -0.2) is 6.72 Å². The molecule has 0 radical (unpaired) electrons. The third kappa shape index (κ3) is 1.96. The Kier molecular flexibility index (Phi) is 3.06. The van der Waals surface area contributed by atoms with E-state index in [1.54, 1.807) is 0 Å². The molecule has 0 aliphatic heterocycles. The van der Waals surface area contributed by atoms with Gasteiger partial charge in [0, 0.05) is 15.1 Å². The second kappa shape index (κ2) is 3.87. The average molecular weight is 245 g/mol. The Bertz CT molecular complexity index is 333. The fraction of sp³-hybridized carbons (Fsp3) is 0. The number of hydrogen-bond acceptors (Lipinski definition) is 1. The fourth-order valence-electron chi connectivity index (χ4n) is 0.863. The Morgan fingerprint density at radius 1 is 1.50 bits per heavy atom. The van der Waals surface area contributed by atoms with Crippen molar-refractivity contribution >= 4 is 45.0 Å². The second-order valence-corrected chi connectivity index (χ2v) is 3.60. The molecule has 0 aliphatic rings. The minimum Gasteiger partial charge on any atom is -0.264 e. The normalized spacial score (nSPS) is 9.50. The zero-order valence-electron chi connectivity index (χ0n) is 6.35. The third-order valence-corrected chi connectivity index (χ3v) is 2.12. The maximum Gasteiger partial charge on any atom is 0.0710 e. The first-order chi connectivity index (χ1) is 5.65. The third-order valence-electron chi connectivity index (χ3n) is 1.42. The van der Waals surface area contributed by atoms with Crippen LogP contribution in [0.4, 0.5) is 5.69 Å². The van der Waals surface area contributed by atoms with Crippen molar-refractivity contribution in [1.82, 2.24) is 0 Å². The topological polar surface area (TPSA) is 12.4 Å². The smallest absolute Gasteiger partial charge is 0.0710 e. The highest BCUT2D eigenvalue weighted by atomic mass is 79.9. The Morgan fingerprint density at radius 3 is 2.67 bits per heavy atom. The maximum atomic E-state index is 5.76. The van der Waals surface area contributed by atoms with Crippen molar-refractivity contribution in [2.45, 2.75) is 0 Å². The summed E-state index contributed by atoms with van der Waals surface area (Å²) in [7, 11) is 0. The molecular weight excluding hydrogens is 237 g/mol. The van der Waals surface area contributed by atoms with Crippen molar-refractivity contribution in [2.24, 2.45) is 4.99 Å². The zero-order chi connectivity index (χ0) is 9.14. The van der Waals surface area contributed by atoms with Crippen LogP contribution in [0.3, 0.4) is 0 Å². The van der Waals surface area contributed by atoms with Crippen LogP contribution < -0.4 is 0 Å². The highest BCUT2D eigenvalue weighted by Crippen LogP contribution is 2.30. The van der Waals surface area contributed by atoms with Crippen LogP contribution in [0, 0.1) is 0 Å². The number of hydrogen-bond donors (Lipinski definition) is 0. The summed E-state index contributed by atoms with van der Waals surface area (Å²) in [5.74, 6) is 0. The second-order valence-electron chi connectivity index (χ2n) is 2.22. The molecule has 0 spiro atoms. The van der Waals surface area contributed by atoms with Crippen molar-refractivity contribution in [3.05, 3.63) is 34.8 Å². The lowest BCUT2D eigenvalue weighted by atomic mass is 10.2. The van der Waals surface area contributed by atoms with Gasteiger partial charge in [-0.3, -0.25) is 4.99 Å².